The first-order chi connectivity index (χ1) is 58.2. The van der Waals surface area contributed by atoms with E-state index in [-0.39, 0.29) is 55.6 Å². The summed E-state index contributed by atoms with van der Waals surface area (Å²) in [6, 6.07) is 74.7. The lowest BCUT2D eigenvalue weighted by Crippen LogP contribution is -2.66. The van der Waals surface area contributed by atoms with Crippen LogP contribution in [0.5, 0.6) is 0 Å². The molecule has 120 heavy (non-hydrogen) atoms. The van der Waals surface area contributed by atoms with E-state index in [0.717, 1.165) is 0 Å². The quantitative estimate of drug-likeness (QED) is 0.0156. The Hall–Kier alpha value is -13.0. The van der Waals surface area contributed by atoms with Crippen LogP contribution in [-0.2, 0) is 75.8 Å². The third-order valence-electron chi connectivity index (χ3n) is 18.8. The molecule has 0 aromatic heterocycles. The molecule has 3 aliphatic heterocycles. The van der Waals surface area contributed by atoms with Crippen LogP contribution in [0.2, 0.25) is 0 Å². The maximum atomic E-state index is 15.1. The van der Waals surface area contributed by atoms with Gasteiger partial charge < -0.3 is 75.8 Å². The van der Waals surface area contributed by atoms with Crippen molar-refractivity contribution < 1.29 is 124 Å². The first-order valence-corrected chi connectivity index (χ1v) is 38.4. The first kappa shape index (κ1) is 84.9. The second-order valence-corrected chi connectivity index (χ2v) is 29.1. The van der Waals surface area contributed by atoms with Crippen LogP contribution in [0.3, 0.4) is 0 Å². The Morgan fingerprint density at radius 2 is 0.408 bits per heavy atom. The van der Waals surface area contributed by atoms with Gasteiger partial charge in [-0.05, 0) is 121 Å². The van der Waals surface area contributed by atoms with Crippen molar-refractivity contribution in [1.82, 2.24) is 0 Å². The summed E-state index contributed by atoms with van der Waals surface area (Å²) >= 11 is 18.9. The molecule has 3 heterocycles. The highest BCUT2D eigenvalue weighted by Crippen LogP contribution is 2.39. The second kappa shape index (κ2) is 40.5. The van der Waals surface area contributed by atoms with E-state index in [0.29, 0.717) is 0 Å². The Balaban J connectivity index is 0.962. The summed E-state index contributed by atoms with van der Waals surface area (Å²) in [5.41, 5.74) is -0.682. The summed E-state index contributed by atoms with van der Waals surface area (Å²) in [6.45, 7) is -2.94. The maximum absolute atomic E-state index is 15.1. The molecule has 1 unspecified atom stereocenters. The van der Waals surface area contributed by atoms with E-state index < -0.39 is 181 Å². The summed E-state index contributed by atoms with van der Waals surface area (Å²) in [5.74, 6) is -12.0. The van der Waals surface area contributed by atoms with E-state index in [1.165, 1.54) is 218 Å². The molecule has 3 aliphatic rings. The molecule has 3 fully saturated rings. The van der Waals surface area contributed by atoms with Crippen LogP contribution in [0.1, 0.15) is 104 Å². The van der Waals surface area contributed by atoms with Gasteiger partial charge in [0.25, 0.3) is 3.79 Å². The fourth-order valence-electron chi connectivity index (χ4n) is 12.9. The summed E-state index contributed by atoms with van der Waals surface area (Å²) in [6.07, 6.45) is -31.0. The number of carbonyl (C=O) groups is 10. The number of ether oxygens (including phenoxy) is 16. The predicted molar refractivity (Wildman–Crippen MR) is 425 cm³/mol. The van der Waals surface area contributed by atoms with E-state index in [2.05, 4.69) is 0 Å². The monoisotopic (exact) mass is 1690 g/mol. The third kappa shape index (κ3) is 21.9. The standard InChI is InChI=1S/C90H72Cl3NO26/c91-90(92,93)89(94)120-88-75(119-85(104)63-49-29-10-30-50-63)72(116-82(101)60-43-23-7-24-44-60)69(113-79(98)57-37-17-4-18-38-57)66(110-88)53-107-87-74(118-84(103)62-47-27-9-28-48-62)71(115-81(100)59-41-21-6-22-42-59)68(112-78(97)56-35-15-3-16-36-56)65(109-87)52-106-86-73(117-83(102)61-45-25-8-26-46-61)70(114-80(99)58-39-19-5-20-40-58)67(111-77(96)55-33-13-2-14-34-55)64(108-86)51-105-76(95)54-31-11-1-12-32-54/h1-50,64-75,86-88,94H,51-53H2/t64-,65-,66-,67-,68-,69-,70+,71+,72+,73-,74-,75-,86-,87-,88?/m1/s1. The number of rotatable bonds is 28. The van der Waals surface area contributed by atoms with E-state index >= 15 is 14.4 Å². The van der Waals surface area contributed by atoms with Crippen LogP contribution in [0, 0.1) is 5.41 Å². The maximum Gasteiger partial charge on any atom is 0.338 e. The van der Waals surface area contributed by atoms with Crippen molar-refractivity contribution in [1.29, 1.82) is 5.41 Å². The Morgan fingerprint density at radius 1 is 0.233 bits per heavy atom. The van der Waals surface area contributed by atoms with Crippen LogP contribution >= 0.6 is 34.8 Å². The van der Waals surface area contributed by atoms with Crippen LogP contribution < -0.4 is 0 Å². The molecule has 0 saturated carbocycles. The van der Waals surface area contributed by atoms with Crippen molar-refractivity contribution in [2.75, 3.05) is 19.8 Å². The van der Waals surface area contributed by atoms with Gasteiger partial charge in [0, 0.05) is 0 Å². The third-order valence-corrected chi connectivity index (χ3v) is 19.3. The fraction of sp³-hybridized carbons (Fsp3) is 0.211. The van der Waals surface area contributed by atoms with E-state index in [9.17, 15) is 33.6 Å². The van der Waals surface area contributed by atoms with Crippen LogP contribution in [-0.4, -0.2) is 181 Å². The van der Waals surface area contributed by atoms with E-state index in [1.54, 1.807) is 84.9 Å². The van der Waals surface area contributed by atoms with Crippen LogP contribution in [0.25, 0.3) is 0 Å². The van der Waals surface area contributed by atoms with Crippen molar-refractivity contribution in [2.24, 2.45) is 0 Å². The molecule has 10 aromatic carbocycles. The summed E-state index contributed by atoms with van der Waals surface area (Å²) < 4.78 is 100. The zero-order valence-electron chi connectivity index (χ0n) is 62.9. The summed E-state index contributed by atoms with van der Waals surface area (Å²) in [5, 5.41) is 8.92. The number of benzene rings is 10. The molecule has 3 saturated heterocycles. The van der Waals surface area contributed by atoms with Gasteiger partial charge in [-0.2, -0.15) is 0 Å². The Labute approximate surface area is 700 Å². The number of alkyl halides is 3. The Kier molecular flexibility index (Phi) is 28.6. The number of carbonyl (C=O) groups excluding carboxylic acids is 10. The largest absolute Gasteiger partial charge is 0.459 e. The molecule has 13 rings (SSSR count). The molecule has 0 radical (unpaired) electrons. The molecule has 27 nitrogen and oxygen atoms in total. The van der Waals surface area contributed by atoms with Gasteiger partial charge in [-0.3, -0.25) is 5.41 Å². The molecule has 10 aromatic rings. The molecular formula is C90H72Cl3NO26. The van der Waals surface area contributed by atoms with Gasteiger partial charge in [0.2, 0.25) is 18.3 Å². The van der Waals surface area contributed by atoms with Gasteiger partial charge in [-0.1, -0.05) is 217 Å². The predicted octanol–water partition coefficient (Wildman–Crippen LogP) is 13.4. The van der Waals surface area contributed by atoms with Crippen molar-refractivity contribution in [2.45, 2.75) is 95.9 Å². The average Bonchev–Trinajstić information content (AvgIpc) is 0.771. The molecular weight excluding hydrogens is 1620 g/mol. The van der Waals surface area contributed by atoms with E-state index in [4.69, 9.17) is 116 Å². The molecule has 0 spiro atoms. The fourth-order valence-corrected chi connectivity index (χ4v) is 13.0. The van der Waals surface area contributed by atoms with Crippen molar-refractivity contribution in [3.63, 3.8) is 0 Å². The summed E-state index contributed by atoms with van der Waals surface area (Å²) in [4.78, 5) is 148. The van der Waals surface area contributed by atoms with Crippen molar-refractivity contribution >= 4 is 100 Å². The smallest absolute Gasteiger partial charge is 0.338 e. The SMILES string of the molecule is N=C(OC1O[C@H](CO[C@@H]2O[C@H](CO[C@@H]3O[C@H](COC(=O)c4ccccc4)[C@@H](OC(=O)c4ccccc4)[C@H](OC(=O)c4ccccc4)[C@H]3OC(=O)c3ccccc3)[C@@H](OC(=O)c3ccccc3)[C@H](OC(=O)c3ccccc3)[C@H]2OC(=O)c2ccccc2)[C@@H](OC(=O)c2ccccc2)[C@H](OC(=O)c2ccccc2)[C@H]1OC(=O)c1ccccc1)C(Cl)(Cl)Cl. The molecule has 30 heteroatoms. The summed E-state index contributed by atoms with van der Waals surface area (Å²) in [7, 11) is 0. The minimum Gasteiger partial charge on any atom is -0.459 e. The molecule has 0 bridgehead atoms. The lowest BCUT2D eigenvalue weighted by Gasteiger charge is -2.47. The van der Waals surface area contributed by atoms with Crippen LogP contribution in [0.4, 0.5) is 0 Å². The number of esters is 10. The lowest BCUT2D eigenvalue weighted by atomic mass is 9.96. The highest BCUT2D eigenvalue weighted by Gasteiger charge is 2.59. The number of hydrogen-bond donors (Lipinski definition) is 1. The van der Waals surface area contributed by atoms with Gasteiger partial charge in [0.1, 0.15) is 24.9 Å². The zero-order valence-corrected chi connectivity index (χ0v) is 65.2. The second-order valence-electron chi connectivity index (χ2n) is 26.8. The lowest BCUT2D eigenvalue weighted by molar-refractivity contribution is -0.336. The number of nitrogens with one attached hydrogen (secondary N) is 1. The minimum absolute atomic E-state index is 0.0215. The topological polar surface area (TPSA) is 342 Å². The Morgan fingerprint density at radius 3 is 0.625 bits per heavy atom. The van der Waals surface area contributed by atoms with Gasteiger partial charge in [0.15, 0.2) is 61.4 Å². The highest BCUT2D eigenvalue weighted by molar-refractivity contribution is 6.76. The molecule has 614 valence electrons. The Bertz CT molecular complexity index is 5170. The normalized spacial score (nSPS) is 22.5. The molecule has 0 aliphatic carbocycles. The van der Waals surface area contributed by atoms with Gasteiger partial charge in [0.05, 0.1) is 68.8 Å². The highest BCUT2D eigenvalue weighted by atomic mass is 35.6. The zero-order chi connectivity index (χ0) is 84.1. The van der Waals surface area contributed by atoms with Crippen molar-refractivity contribution in [3.05, 3.63) is 359 Å². The average molecular weight is 1690 g/mol. The molecule has 0 amide bonds. The van der Waals surface area contributed by atoms with Gasteiger partial charge >= 0.3 is 59.7 Å². The molecule has 1 N–H and O–H groups in total. The van der Waals surface area contributed by atoms with Gasteiger partial charge in [-0.15, -0.1) is 0 Å². The first-order valence-electron chi connectivity index (χ1n) is 37.3. The molecule has 15 atom stereocenters. The van der Waals surface area contributed by atoms with Crippen molar-refractivity contribution in [3.8, 4) is 0 Å². The van der Waals surface area contributed by atoms with Gasteiger partial charge in [-0.25, -0.2) is 47.9 Å². The van der Waals surface area contributed by atoms with E-state index in [1.807, 2.05) is 0 Å². The number of hydrogen-bond acceptors (Lipinski definition) is 27. The number of halogens is 3. The minimum atomic E-state index is -2.70. The van der Waals surface area contributed by atoms with Crippen LogP contribution in [0.15, 0.2) is 303 Å².